The lowest BCUT2D eigenvalue weighted by Gasteiger charge is -2.21. The average molecular weight is 196 g/mol. The molecule has 1 rings (SSSR count). The molecule has 0 bridgehead atoms. The molecule has 1 atom stereocenters. The largest absolute Gasteiger partial charge is 0.313 e. The van der Waals surface area contributed by atoms with Crippen LogP contribution in [-0.4, -0.2) is 36.6 Å². The Morgan fingerprint density at radius 2 is 2.29 bits per heavy atom. The van der Waals surface area contributed by atoms with Gasteiger partial charge < -0.3 is 5.32 Å². The predicted octanol–water partition coefficient (Wildman–Crippen LogP) is 2.02. The van der Waals surface area contributed by atoms with Crippen LogP contribution in [0.4, 0.5) is 0 Å². The van der Waals surface area contributed by atoms with Gasteiger partial charge in [-0.15, -0.1) is 6.58 Å². The molecular formula is C12H24N2. The van der Waals surface area contributed by atoms with Crippen LogP contribution in [0.25, 0.3) is 0 Å². The van der Waals surface area contributed by atoms with Crippen molar-refractivity contribution in [3.63, 3.8) is 0 Å². The van der Waals surface area contributed by atoms with E-state index in [-0.39, 0.29) is 0 Å². The van der Waals surface area contributed by atoms with Gasteiger partial charge in [-0.2, -0.15) is 0 Å². The predicted molar refractivity (Wildman–Crippen MR) is 62.5 cm³/mol. The maximum absolute atomic E-state index is 3.81. The van der Waals surface area contributed by atoms with Gasteiger partial charge in [-0.25, -0.2) is 0 Å². The van der Waals surface area contributed by atoms with E-state index < -0.39 is 0 Å². The van der Waals surface area contributed by atoms with E-state index in [1.807, 2.05) is 6.08 Å². The lowest BCUT2D eigenvalue weighted by molar-refractivity contribution is 0.286. The highest BCUT2D eigenvalue weighted by molar-refractivity contribution is 4.88. The third kappa shape index (κ3) is 4.25. The van der Waals surface area contributed by atoms with Crippen molar-refractivity contribution in [1.29, 1.82) is 0 Å². The van der Waals surface area contributed by atoms with Gasteiger partial charge in [0.25, 0.3) is 0 Å². The minimum absolute atomic E-state index is 0.653. The first-order valence-corrected chi connectivity index (χ1v) is 5.86. The Morgan fingerprint density at radius 1 is 1.57 bits per heavy atom. The summed E-state index contributed by atoms with van der Waals surface area (Å²) in [7, 11) is 0. The quantitative estimate of drug-likeness (QED) is 0.598. The minimum Gasteiger partial charge on any atom is -0.313 e. The number of rotatable bonds is 8. The van der Waals surface area contributed by atoms with Crippen molar-refractivity contribution in [1.82, 2.24) is 10.2 Å². The Labute approximate surface area is 88.4 Å². The standard InChI is InChI=1S/C12H24N2/c1-4-9-14(12-6-7-12)10-8-13-11(3)5-2/h4,11-13H,1,5-10H2,2-3H3. The van der Waals surface area contributed by atoms with Crippen LogP contribution in [0.5, 0.6) is 0 Å². The van der Waals surface area contributed by atoms with E-state index in [0.29, 0.717) is 6.04 Å². The van der Waals surface area contributed by atoms with E-state index in [1.54, 1.807) is 0 Å². The van der Waals surface area contributed by atoms with E-state index in [9.17, 15) is 0 Å². The van der Waals surface area contributed by atoms with Crippen LogP contribution in [0, 0.1) is 0 Å². The van der Waals surface area contributed by atoms with Crippen LogP contribution in [0.3, 0.4) is 0 Å². The van der Waals surface area contributed by atoms with Crippen molar-refractivity contribution in [3.05, 3.63) is 12.7 Å². The molecule has 1 saturated carbocycles. The lowest BCUT2D eigenvalue weighted by atomic mass is 10.2. The summed E-state index contributed by atoms with van der Waals surface area (Å²) in [5.41, 5.74) is 0. The molecule has 0 aromatic rings. The normalized spacial score (nSPS) is 18.5. The Balaban J connectivity index is 2.09. The van der Waals surface area contributed by atoms with E-state index in [1.165, 1.54) is 25.8 Å². The molecule has 14 heavy (non-hydrogen) atoms. The molecule has 0 heterocycles. The molecule has 1 fully saturated rings. The number of nitrogens with one attached hydrogen (secondary N) is 1. The van der Waals surface area contributed by atoms with Gasteiger partial charge in [0, 0.05) is 31.7 Å². The monoisotopic (exact) mass is 196 g/mol. The van der Waals surface area contributed by atoms with E-state index >= 15 is 0 Å². The molecular weight excluding hydrogens is 172 g/mol. The molecule has 0 aliphatic heterocycles. The van der Waals surface area contributed by atoms with Crippen molar-refractivity contribution >= 4 is 0 Å². The second-order valence-corrected chi connectivity index (χ2v) is 4.28. The summed E-state index contributed by atoms with van der Waals surface area (Å²) in [5.74, 6) is 0. The number of hydrogen-bond donors (Lipinski definition) is 1. The van der Waals surface area contributed by atoms with Gasteiger partial charge in [-0.3, -0.25) is 4.90 Å². The number of nitrogens with zero attached hydrogens (tertiary/aromatic N) is 1. The van der Waals surface area contributed by atoms with Crippen molar-refractivity contribution < 1.29 is 0 Å². The Morgan fingerprint density at radius 3 is 2.79 bits per heavy atom. The summed E-state index contributed by atoms with van der Waals surface area (Å²) in [6, 6.07) is 1.51. The topological polar surface area (TPSA) is 15.3 Å². The molecule has 2 nitrogen and oxygen atoms in total. The van der Waals surface area contributed by atoms with Gasteiger partial charge in [0.2, 0.25) is 0 Å². The fraction of sp³-hybridized carbons (Fsp3) is 0.833. The van der Waals surface area contributed by atoms with Gasteiger partial charge in [0.05, 0.1) is 0 Å². The molecule has 0 saturated heterocycles. The van der Waals surface area contributed by atoms with Gasteiger partial charge >= 0.3 is 0 Å². The maximum Gasteiger partial charge on any atom is 0.0164 e. The van der Waals surface area contributed by atoms with Gasteiger partial charge in [-0.1, -0.05) is 13.0 Å². The van der Waals surface area contributed by atoms with E-state index in [0.717, 1.165) is 19.1 Å². The summed E-state index contributed by atoms with van der Waals surface area (Å²) >= 11 is 0. The van der Waals surface area contributed by atoms with Crippen LogP contribution in [-0.2, 0) is 0 Å². The second-order valence-electron chi connectivity index (χ2n) is 4.28. The second kappa shape index (κ2) is 6.20. The molecule has 1 N–H and O–H groups in total. The molecule has 0 aromatic heterocycles. The molecule has 0 amide bonds. The van der Waals surface area contributed by atoms with Crippen LogP contribution in [0.1, 0.15) is 33.1 Å². The minimum atomic E-state index is 0.653. The SMILES string of the molecule is C=CCN(CCNC(C)CC)C1CC1. The Bertz CT molecular complexity index is 164. The highest BCUT2D eigenvalue weighted by Crippen LogP contribution is 2.25. The van der Waals surface area contributed by atoms with Crippen molar-refractivity contribution in [3.8, 4) is 0 Å². The zero-order valence-corrected chi connectivity index (χ0v) is 9.63. The lowest BCUT2D eigenvalue weighted by Crippen LogP contribution is -2.36. The molecule has 1 unspecified atom stereocenters. The van der Waals surface area contributed by atoms with E-state index in [2.05, 4.69) is 30.6 Å². The smallest absolute Gasteiger partial charge is 0.0164 e. The highest BCUT2D eigenvalue weighted by atomic mass is 15.2. The Kier molecular flexibility index (Phi) is 5.20. The molecule has 1 aliphatic rings. The molecule has 0 radical (unpaired) electrons. The fourth-order valence-corrected chi connectivity index (χ4v) is 1.63. The summed E-state index contributed by atoms with van der Waals surface area (Å²) in [5, 5.41) is 3.53. The third-order valence-corrected chi connectivity index (χ3v) is 2.93. The molecule has 1 aliphatic carbocycles. The zero-order chi connectivity index (χ0) is 10.4. The summed E-state index contributed by atoms with van der Waals surface area (Å²) < 4.78 is 0. The third-order valence-electron chi connectivity index (χ3n) is 2.93. The first-order chi connectivity index (χ1) is 6.77. The van der Waals surface area contributed by atoms with Gasteiger partial charge in [0.1, 0.15) is 0 Å². The first-order valence-electron chi connectivity index (χ1n) is 5.86. The maximum atomic E-state index is 3.81. The Hall–Kier alpha value is -0.340. The molecule has 0 spiro atoms. The zero-order valence-electron chi connectivity index (χ0n) is 9.63. The molecule has 82 valence electrons. The van der Waals surface area contributed by atoms with E-state index in [4.69, 9.17) is 0 Å². The van der Waals surface area contributed by atoms with Crippen LogP contribution < -0.4 is 5.32 Å². The summed E-state index contributed by atoms with van der Waals surface area (Å²) in [6.45, 7) is 11.6. The van der Waals surface area contributed by atoms with Gasteiger partial charge in [-0.05, 0) is 26.2 Å². The van der Waals surface area contributed by atoms with Crippen LogP contribution in [0.15, 0.2) is 12.7 Å². The van der Waals surface area contributed by atoms with Crippen molar-refractivity contribution in [2.75, 3.05) is 19.6 Å². The van der Waals surface area contributed by atoms with Crippen LogP contribution in [0.2, 0.25) is 0 Å². The van der Waals surface area contributed by atoms with Gasteiger partial charge in [0.15, 0.2) is 0 Å². The van der Waals surface area contributed by atoms with Crippen molar-refractivity contribution in [2.45, 2.75) is 45.2 Å². The average Bonchev–Trinajstić information content (AvgIpc) is 2.99. The fourth-order valence-electron chi connectivity index (χ4n) is 1.63. The number of hydrogen-bond acceptors (Lipinski definition) is 2. The summed E-state index contributed by atoms with van der Waals surface area (Å²) in [6.07, 6.45) is 6.00. The molecule has 2 heteroatoms. The van der Waals surface area contributed by atoms with Crippen LogP contribution >= 0.6 is 0 Å². The highest BCUT2D eigenvalue weighted by Gasteiger charge is 2.27. The summed E-state index contributed by atoms with van der Waals surface area (Å²) in [4.78, 5) is 2.53. The molecule has 0 aromatic carbocycles. The first kappa shape index (κ1) is 11.7. The van der Waals surface area contributed by atoms with Crippen molar-refractivity contribution in [2.24, 2.45) is 0 Å².